The Morgan fingerprint density at radius 2 is 2.21 bits per heavy atom. The number of likely N-dealkylation sites (N-methyl/N-ethyl adjacent to an activating group) is 1. The van der Waals surface area contributed by atoms with Crippen molar-refractivity contribution in [2.75, 3.05) is 40.4 Å². The Morgan fingerprint density at radius 1 is 1.32 bits per heavy atom. The van der Waals surface area contributed by atoms with Gasteiger partial charge in [0, 0.05) is 19.5 Å². The lowest BCUT2D eigenvalue weighted by atomic mass is 9.97. The second-order valence-corrected chi connectivity index (χ2v) is 5.49. The zero-order valence-electron chi connectivity index (χ0n) is 11.7. The molecule has 2 heterocycles. The van der Waals surface area contributed by atoms with Gasteiger partial charge in [-0.05, 0) is 31.3 Å². The van der Waals surface area contributed by atoms with Crippen molar-refractivity contribution in [3.8, 4) is 5.75 Å². The molecule has 2 aliphatic rings. The van der Waals surface area contributed by atoms with Crippen LogP contribution in [0.1, 0.15) is 17.2 Å². The minimum Gasteiger partial charge on any atom is -0.493 e. The largest absolute Gasteiger partial charge is 0.493 e. The first-order valence-electron chi connectivity index (χ1n) is 7.00. The Bertz CT molecular complexity index is 442. The first-order chi connectivity index (χ1) is 9.25. The fourth-order valence-electron chi connectivity index (χ4n) is 3.02. The number of morpholine rings is 1. The summed E-state index contributed by atoms with van der Waals surface area (Å²) in [5, 5.41) is 3.42. The second kappa shape index (κ2) is 5.49. The van der Waals surface area contributed by atoms with E-state index in [-0.39, 0.29) is 6.10 Å². The molecule has 1 saturated heterocycles. The Kier molecular flexibility index (Phi) is 3.73. The van der Waals surface area contributed by atoms with Crippen LogP contribution in [-0.2, 0) is 11.2 Å². The maximum atomic E-state index is 5.94. The highest BCUT2D eigenvalue weighted by atomic mass is 16.5. The summed E-state index contributed by atoms with van der Waals surface area (Å²) in [7, 11) is 4.23. The van der Waals surface area contributed by atoms with Crippen LogP contribution < -0.4 is 10.1 Å². The summed E-state index contributed by atoms with van der Waals surface area (Å²) >= 11 is 0. The molecular formula is C15H22N2O2. The Labute approximate surface area is 114 Å². The minimum absolute atomic E-state index is 0.212. The average Bonchev–Trinajstić information content (AvgIpc) is 2.87. The van der Waals surface area contributed by atoms with E-state index in [1.807, 2.05) is 0 Å². The van der Waals surface area contributed by atoms with Crippen molar-refractivity contribution in [2.24, 2.45) is 0 Å². The Hall–Kier alpha value is -1.10. The zero-order chi connectivity index (χ0) is 13.2. The van der Waals surface area contributed by atoms with Crippen LogP contribution in [0.15, 0.2) is 18.2 Å². The molecule has 104 valence electrons. The zero-order valence-corrected chi connectivity index (χ0v) is 11.7. The SMILES string of the molecule is CN(C)C(c1ccc2c(c1)CCO2)C1CNCCO1. The summed E-state index contributed by atoms with van der Waals surface area (Å²) in [4.78, 5) is 2.25. The van der Waals surface area contributed by atoms with E-state index in [1.54, 1.807) is 0 Å². The number of hydrogen-bond acceptors (Lipinski definition) is 4. The predicted octanol–water partition coefficient (Wildman–Crippen LogP) is 1.21. The molecule has 0 amide bonds. The Morgan fingerprint density at radius 3 is 2.95 bits per heavy atom. The summed E-state index contributed by atoms with van der Waals surface area (Å²) in [5.41, 5.74) is 2.65. The highest BCUT2D eigenvalue weighted by molar-refractivity contribution is 5.41. The predicted molar refractivity (Wildman–Crippen MR) is 74.7 cm³/mol. The van der Waals surface area contributed by atoms with E-state index in [9.17, 15) is 0 Å². The molecule has 1 fully saturated rings. The molecule has 0 radical (unpaired) electrons. The summed E-state index contributed by atoms with van der Waals surface area (Å²) in [5.74, 6) is 1.05. The van der Waals surface area contributed by atoms with Crippen molar-refractivity contribution in [1.82, 2.24) is 10.2 Å². The summed E-state index contributed by atoms with van der Waals surface area (Å²) in [6, 6.07) is 6.85. The molecule has 4 nitrogen and oxygen atoms in total. The molecule has 0 aliphatic carbocycles. The lowest BCUT2D eigenvalue weighted by Gasteiger charge is -2.35. The maximum absolute atomic E-state index is 5.94. The molecule has 2 aliphatic heterocycles. The molecule has 0 bridgehead atoms. The normalized spacial score (nSPS) is 24.1. The van der Waals surface area contributed by atoms with Gasteiger partial charge in [-0.25, -0.2) is 0 Å². The van der Waals surface area contributed by atoms with Crippen LogP contribution in [0.25, 0.3) is 0 Å². The van der Waals surface area contributed by atoms with Gasteiger partial charge in [-0.2, -0.15) is 0 Å². The van der Waals surface area contributed by atoms with E-state index in [0.29, 0.717) is 6.04 Å². The van der Waals surface area contributed by atoms with Gasteiger partial charge in [-0.3, -0.25) is 0 Å². The van der Waals surface area contributed by atoms with Crippen molar-refractivity contribution in [2.45, 2.75) is 18.6 Å². The first kappa shape index (κ1) is 12.9. The monoisotopic (exact) mass is 262 g/mol. The minimum atomic E-state index is 0.212. The van der Waals surface area contributed by atoms with Gasteiger partial charge >= 0.3 is 0 Å². The molecule has 19 heavy (non-hydrogen) atoms. The number of fused-ring (bicyclic) bond motifs is 1. The van der Waals surface area contributed by atoms with Gasteiger partial charge in [0.2, 0.25) is 0 Å². The molecule has 1 aromatic carbocycles. The highest BCUT2D eigenvalue weighted by Gasteiger charge is 2.28. The van der Waals surface area contributed by atoms with Crippen LogP contribution >= 0.6 is 0 Å². The molecular weight excluding hydrogens is 240 g/mol. The van der Waals surface area contributed by atoms with Gasteiger partial charge in [0.05, 0.1) is 25.4 Å². The third-order valence-corrected chi connectivity index (χ3v) is 3.92. The molecule has 3 rings (SSSR count). The Balaban J connectivity index is 1.87. The second-order valence-electron chi connectivity index (χ2n) is 5.49. The molecule has 4 heteroatoms. The van der Waals surface area contributed by atoms with Crippen molar-refractivity contribution in [3.05, 3.63) is 29.3 Å². The van der Waals surface area contributed by atoms with Crippen LogP contribution in [0.2, 0.25) is 0 Å². The number of nitrogens with one attached hydrogen (secondary N) is 1. The fraction of sp³-hybridized carbons (Fsp3) is 0.600. The molecule has 1 aromatic rings. The molecule has 2 unspecified atom stereocenters. The number of hydrogen-bond donors (Lipinski definition) is 1. The van der Waals surface area contributed by atoms with E-state index in [0.717, 1.165) is 38.5 Å². The quantitative estimate of drug-likeness (QED) is 0.888. The van der Waals surface area contributed by atoms with Crippen LogP contribution in [0.3, 0.4) is 0 Å². The lowest BCUT2D eigenvalue weighted by Crippen LogP contribution is -2.45. The molecule has 0 saturated carbocycles. The first-order valence-corrected chi connectivity index (χ1v) is 7.00. The van der Waals surface area contributed by atoms with Gasteiger partial charge in [0.25, 0.3) is 0 Å². The van der Waals surface area contributed by atoms with Crippen molar-refractivity contribution < 1.29 is 9.47 Å². The van der Waals surface area contributed by atoms with Crippen LogP contribution in [0.5, 0.6) is 5.75 Å². The van der Waals surface area contributed by atoms with Crippen LogP contribution in [-0.4, -0.2) is 51.4 Å². The number of nitrogens with zero attached hydrogens (tertiary/aromatic N) is 1. The van der Waals surface area contributed by atoms with E-state index < -0.39 is 0 Å². The average molecular weight is 262 g/mol. The van der Waals surface area contributed by atoms with Crippen molar-refractivity contribution in [3.63, 3.8) is 0 Å². The van der Waals surface area contributed by atoms with E-state index >= 15 is 0 Å². The van der Waals surface area contributed by atoms with Gasteiger partial charge < -0.3 is 19.7 Å². The lowest BCUT2D eigenvalue weighted by molar-refractivity contribution is -0.0211. The topological polar surface area (TPSA) is 33.7 Å². The van der Waals surface area contributed by atoms with Crippen LogP contribution in [0.4, 0.5) is 0 Å². The molecule has 1 N–H and O–H groups in total. The van der Waals surface area contributed by atoms with Gasteiger partial charge in [0.1, 0.15) is 5.75 Å². The standard InChI is InChI=1S/C15H22N2O2/c1-17(2)15(14-10-16-6-8-19-14)12-3-4-13-11(9-12)5-7-18-13/h3-4,9,14-16H,5-8,10H2,1-2H3. The molecule has 2 atom stereocenters. The van der Waals surface area contributed by atoms with Crippen molar-refractivity contribution in [1.29, 1.82) is 0 Å². The third kappa shape index (κ3) is 2.61. The number of ether oxygens (including phenoxy) is 2. The maximum Gasteiger partial charge on any atom is 0.122 e. The molecule has 0 aromatic heterocycles. The van der Waals surface area contributed by atoms with E-state index in [2.05, 4.69) is 42.5 Å². The van der Waals surface area contributed by atoms with Gasteiger partial charge in [-0.1, -0.05) is 12.1 Å². The van der Waals surface area contributed by atoms with Gasteiger partial charge in [0.15, 0.2) is 0 Å². The van der Waals surface area contributed by atoms with E-state index in [4.69, 9.17) is 9.47 Å². The number of benzene rings is 1. The summed E-state index contributed by atoms with van der Waals surface area (Å²) in [6.45, 7) is 3.47. The summed E-state index contributed by atoms with van der Waals surface area (Å²) < 4.78 is 11.5. The van der Waals surface area contributed by atoms with Crippen molar-refractivity contribution >= 4 is 0 Å². The highest BCUT2D eigenvalue weighted by Crippen LogP contribution is 2.32. The number of rotatable bonds is 3. The smallest absolute Gasteiger partial charge is 0.122 e. The third-order valence-electron chi connectivity index (χ3n) is 3.92. The molecule has 0 spiro atoms. The fourth-order valence-corrected chi connectivity index (χ4v) is 3.02. The van der Waals surface area contributed by atoms with Gasteiger partial charge in [-0.15, -0.1) is 0 Å². The van der Waals surface area contributed by atoms with E-state index in [1.165, 1.54) is 11.1 Å². The van der Waals surface area contributed by atoms with Crippen LogP contribution in [0, 0.1) is 0 Å². The summed E-state index contributed by atoms with van der Waals surface area (Å²) in [6.07, 6.45) is 1.23.